The summed E-state index contributed by atoms with van der Waals surface area (Å²) in [4.78, 5) is 10.5. The van der Waals surface area contributed by atoms with E-state index in [0.29, 0.717) is 23.7 Å². The Kier molecular flexibility index (Phi) is 2.23. The normalized spacial score (nSPS) is 18.7. The van der Waals surface area contributed by atoms with Crippen molar-refractivity contribution in [2.75, 3.05) is 6.61 Å². The largest absolute Gasteiger partial charge is 0.485 e. The van der Waals surface area contributed by atoms with Crippen molar-refractivity contribution in [1.29, 1.82) is 0 Å². The van der Waals surface area contributed by atoms with Crippen LogP contribution in [0.3, 0.4) is 0 Å². The molecule has 1 unspecified atom stereocenters. The number of hydrogen-bond donors (Lipinski definition) is 0. The number of rotatable bonds is 2. The van der Waals surface area contributed by atoms with Crippen LogP contribution in [0.2, 0.25) is 0 Å². The standard InChI is InChI=1S/C11H10O3/c1-2-9-7-13-10-4-3-8(6-12)5-11(10)14-9/h2-6,9H,1,7H2. The van der Waals surface area contributed by atoms with Gasteiger partial charge in [0.15, 0.2) is 17.6 Å². The number of ether oxygens (including phenoxy) is 2. The molecule has 0 saturated carbocycles. The van der Waals surface area contributed by atoms with Crippen molar-refractivity contribution in [1.82, 2.24) is 0 Å². The Bertz CT molecular complexity index is 371. The highest BCUT2D eigenvalue weighted by molar-refractivity contribution is 5.76. The van der Waals surface area contributed by atoms with Crippen LogP contribution in [0.25, 0.3) is 0 Å². The van der Waals surface area contributed by atoms with Crippen LogP contribution in [0.5, 0.6) is 11.5 Å². The van der Waals surface area contributed by atoms with E-state index < -0.39 is 0 Å². The fraction of sp³-hybridized carbons (Fsp3) is 0.182. The lowest BCUT2D eigenvalue weighted by Gasteiger charge is -2.24. The fourth-order valence-corrected chi connectivity index (χ4v) is 1.29. The zero-order valence-corrected chi connectivity index (χ0v) is 7.60. The molecule has 2 rings (SSSR count). The first kappa shape index (κ1) is 8.81. The Morgan fingerprint density at radius 1 is 1.43 bits per heavy atom. The molecule has 0 amide bonds. The first-order valence-electron chi connectivity index (χ1n) is 4.34. The molecule has 14 heavy (non-hydrogen) atoms. The number of benzene rings is 1. The van der Waals surface area contributed by atoms with Crippen LogP contribution in [-0.4, -0.2) is 19.0 Å². The van der Waals surface area contributed by atoms with Gasteiger partial charge in [-0.3, -0.25) is 4.79 Å². The number of carbonyl (C=O) groups excluding carboxylic acids is 1. The van der Waals surface area contributed by atoms with Crippen molar-refractivity contribution in [3.8, 4) is 11.5 Å². The molecule has 1 heterocycles. The quantitative estimate of drug-likeness (QED) is 0.527. The molecular weight excluding hydrogens is 180 g/mol. The molecule has 0 N–H and O–H groups in total. The summed E-state index contributed by atoms with van der Waals surface area (Å²) in [6, 6.07) is 5.10. The number of hydrogen-bond acceptors (Lipinski definition) is 3. The Morgan fingerprint density at radius 3 is 3.00 bits per heavy atom. The van der Waals surface area contributed by atoms with E-state index in [0.717, 1.165) is 6.29 Å². The van der Waals surface area contributed by atoms with Crippen LogP contribution < -0.4 is 9.47 Å². The summed E-state index contributed by atoms with van der Waals surface area (Å²) in [6.07, 6.45) is 2.32. The molecule has 1 aliphatic heterocycles. The van der Waals surface area contributed by atoms with Gasteiger partial charge in [-0.1, -0.05) is 6.58 Å². The zero-order chi connectivity index (χ0) is 9.97. The molecule has 3 heteroatoms. The molecule has 0 aromatic heterocycles. The van der Waals surface area contributed by atoms with Gasteiger partial charge in [0.2, 0.25) is 0 Å². The molecule has 0 spiro atoms. The van der Waals surface area contributed by atoms with Gasteiger partial charge in [0.25, 0.3) is 0 Å². The van der Waals surface area contributed by atoms with Gasteiger partial charge in [-0.25, -0.2) is 0 Å². The second-order valence-corrected chi connectivity index (χ2v) is 3.03. The maximum absolute atomic E-state index is 10.5. The molecule has 0 fully saturated rings. The van der Waals surface area contributed by atoms with E-state index >= 15 is 0 Å². The molecule has 72 valence electrons. The number of aldehydes is 1. The summed E-state index contributed by atoms with van der Waals surface area (Å²) in [6.45, 7) is 4.09. The van der Waals surface area contributed by atoms with Crippen LogP contribution in [0, 0.1) is 0 Å². The zero-order valence-electron chi connectivity index (χ0n) is 7.60. The SMILES string of the molecule is C=CC1COc2ccc(C=O)cc2O1. The van der Waals surface area contributed by atoms with Crippen molar-refractivity contribution in [2.24, 2.45) is 0 Å². The van der Waals surface area contributed by atoms with E-state index in [-0.39, 0.29) is 6.10 Å². The Labute approximate surface area is 81.9 Å². The smallest absolute Gasteiger partial charge is 0.162 e. The third-order valence-electron chi connectivity index (χ3n) is 2.05. The molecular formula is C11H10O3. The maximum atomic E-state index is 10.5. The first-order valence-corrected chi connectivity index (χ1v) is 4.34. The molecule has 1 aromatic carbocycles. The predicted octanol–water partition coefficient (Wildman–Crippen LogP) is 1.82. The third-order valence-corrected chi connectivity index (χ3v) is 2.05. The summed E-state index contributed by atoms with van der Waals surface area (Å²) >= 11 is 0. The highest BCUT2D eigenvalue weighted by atomic mass is 16.6. The average molecular weight is 190 g/mol. The molecule has 1 atom stereocenters. The minimum atomic E-state index is -0.135. The molecule has 0 bridgehead atoms. The molecule has 3 nitrogen and oxygen atoms in total. The molecule has 1 aliphatic rings. The van der Waals surface area contributed by atoms with Crippen LogP contribution in [0.1, 0.15) is 10.4 Å². The molecule has 0 radical (unpaired) electrons. The van der Waals surface area contributed by atoms with Gasteiger partial charge in [0.1, 0.15) is 12.9 Å². The second-order valence-electron chi connectivity index (χ2n) is 3.03. The van der Waals surface area contributed by atoms with E-state index in [2.05, 4.69) is 6.58 Å². The van der Waals surface area contributed by atoms with Crippen molar-refractivity contribution in [3.63, 3.8) is 0 Å². The lowest BCUT2D eigenvalue weighted by Crippen LogP contribution is -2.26. The van der Waals surface area contributed by atoms with E-state index in [1.54, 1.807) is 24.3 Å². The van der Waals surface area contributed by atoms with Gasteiger partial charge in [-0.15, -0.1) is 0 Å². The van der Waals surface area contributed by atoms with Crippen molar-refractivity contribution >= 4 is 6.29 Å². The average Bonchev–Trinajstić information content (AvgIpc) is 2.27. The summed E-state index contributed by atoms with van der Waals surface area (Å²) in [5.41, 5.74) is 0.581. The van der Waals surface area contributed by atoms with Gasteiger partial charge in [0.05, 0.1) is 0 Å². The van der Waals surface area contributed by atoms with Crippen molar-refractivity contribution in [2.45, 2.75) is 6.10 Å². The van der Waals surface area contributed by atoms with Crippen LogP contribution >= 0.6 is 0 Å². The topological polar surface area (TPSA) is 35.5 Å². The predicted molar refractivity (Wildman–Crippen MR) is 51.9 cm³/mol. The fourth-order valence-electron chi connectivity index (χ4n) is 1.29. The Morgan fingerprint density at radius 2 is 2.29 bits per heavy atom. The first-order chi connectivity index (χ1) is 6.83. The van der Waals surface area contributed by atoms with E-state index in [1.165, 1.54) is 0 Å². The highest BCUT2D eigenvalue weighted by Gasteiger charge is 2.18. The molecule has 0 saturated heterocycles. The van der Waals surface area contributed by atoms with E-state index in [1.807, 2.05) is 0 Å². The monoisotopic (exact) mass is 190 g/mol. The highest BCUT2D eigenvalue weighted by Crippen LogP contribution is 2.32. The van der Waals surface area contributed by atoms with Crippen molar-refractivity contribution < 1.29 is 14.3 Å². The van der Waals surface area contributed by atoms with Crippen LogP contribution in [-0.2, 0) is 0 Å². The summed E-state index contributed by atoms with van der Waals surface area (Å²) in [7, 11) is 0. The lowest BCUT2D eigenvalue weighted by atomic mass is 10.2. The van der Waals surface area contributed by atoms with Gasteiger partial charge in [0, 0.05) is 5.56 Å². The van der Waals surface area contributed by atoms with Crippen LogP contribution in [0.4, 0.5) is 0 Å². The summed E-state index contributed by atoms with van der Waals surface area (Å²) < 4.78 is 10.9. The molecule has 1 aromatic rings. The maximum Gasteiger partial charge on any atom is 0.162 e. The minimum absolute atomic E-state index is 0.135. The number of fused-ring (bicyclic) bond motifs is 1. The minimum Gasteiger partial charge on any atom is -0.485 e. The lowest BCUT2D eigenvalue weighted by molar-refractivity contribution is 0.111. The number of carbonyl (C=O) groups is 1. The summed E-state index contributed by atoms with van der Waals surface area (Å²) in [5, 5.41) is 0. The van der Waals surface area contributed by atoms with Crippen LogP contribution in [0.15, 0.2) is 30.9 Å². The Balaban J connectivity index is 2.33. The van der Waals surface area contributed by atoms with Gasteiger partial charge in [-0.2, -0.15) is 0 Å². The third kappa shape index (κ3) is 1.48. The van der Waals surface area contributed by atoms with Gasteiger partial charge < -0.3 is 9.47 Å². The Hall–Kier alpha value is -1.77. The summed E-state index contributed by atoms with van der Waals surface area (Å²) in [5.74, 6) is 1.28. The molecule has 0 aliphatic carbocycles. The van der Waals surface area contributed by atoms with Crippen molar-refractivity contribution in [3.05, 3.63) is 36.4 Å². The van der Waals surface area contributed by atoms with Gasteiger partial charge >= 0.3 is 0 Å². The second kappa shape index (κ2) is 3.54. The van der Waals surface area contributed by atoms with E-state index in [4.69, 9.17) is 9.47 Å². The van der Waals surface area contributed by atoms with Gasteiger partial charge in [-0.05, 0) is 24.3 Å². The van der Waals surface area contributed by atoms with E-state index in [9.17, 15) is 4.79 Å².